The summed E-state index contributed by atoms with van der Waals surface area (Å²) in [5.74, 6) is 2.59. The Balaban J connectivity index is 1.40. The minimum atomic E-state index is -0.333. The number of hydrogen-bond donors (Lipinski definition) is 0. The lowest BCUT2D eigenvalue weighted by Gasteiger charge is -2.39. The summed E-state index contributed by atoms with van der Waals surface area (Å²) in [7, 11) is 0. The molecule has 7 rings (SSSR count). The second kappa shape index (κ2) is 12.3. The summed E-state index contributed by atoms with van der Waals surface area (Å²) in [6.45, 7) is 7.38. The van der Waals surface area contributed by atoms with E-state index in [0.717, 1.165) is 63.2 Å². The van der Waals surface area contributed by atoms with Crippen LogP contribution in [0.2, 0.25) is 0 Å². The third-order valence-corrected chi connectivity index (χ3v) is 9.66. The van der Waals surface area contributed by atoms with E-state index in [1.54, 1.807) is 0 Å². The van der Waals surface area contributed by atoms with Crippen molar-refractivity contribution in [2.45, 2.75) is 75.9 Å². The van der Waals surface area contributed by atoms with Crippen LogP contribution in [-0.2, 0) is 27.7 Å². The van der Waals surface area contributed by atoms with Crippen LogP contribution >= 0.6 is 0 Å². The van der Waals surface area contributed by atoms with Crippen molar-refractivity contribution in [2.24, 2.45) is 5.92 Å². The third kappa shape index (κ3) is 5.56. The number of ether oxygens (including phenoxy) is 4. The predicted molar refractivity (Wildman–Crippen MR) is 171 cm³/mol. The lowest BCUT2D eigenvalue weighted by atomic mass is 9.62. The highest BCUT2D eigenvalue weighted by molar-refractivity contribution is 5.64. The molecule has 0 amide bonds. The quantitative estimate of drug-likeness (QED) is 0.182. The Kier molecular flexibility index (Phi) is 8.16. The van der Waals surface area contributed by atoms with Crippen LogP contribution in [0.1, 0.15) is 78.8 Å². The van der Waals surface area contributed by atoms with E-state index in [-0.39, 0.29) is 23.5 Å². The fourth-order valence-corrected chi connectivity index (χ4v) is 7.26. The number of epoxide rings is 2. The maximum atomic E-state index is 6.34. The van der Waals surface area contributed by atoms with Crippen LogP contribution in [0.15, 0.2) is 85.0 Å². The molecule has 2 aliphatic heterocycles. The zero-order valence-electron chi connectivity index (χ0n) is 25.6. The fourth-order valence-electron chi connectivity index (χ4n) is 7.26. The van der Waals surface area contributed by atoms with Crippen LogP contribution in [0.4, 0.5) is 0 Å². The van der Waals surface area contributed by atoms with Gasteiger partial charge in [-0.05, 0) is 71.2 Å². The first-order valence-electron chi connectivity index (χ1n) is 16.4. The van der Waals surface area contributed by atoms with Crippen LogP contribution in [-0.4, -0.2) is 38.6 Å². The maximum absolute atomic E-state index is 6.34. The molecule has 4 unspecified atom stereocenters. The Morgan fingerprint density at radius 3 is 1.84 bits per heavy atom. The molecule has 4 nitrogen and oxygen atoms in total. The Morgan fingerprint density at radius 1 is 0.721 bits per heavy atom. The highest BCUT2D eigenvalue weighted by Crippen LogP contribution is 2.60. The number of rotatable bonds is 14. The Hall–Kier alpha value is -3.34. The van der Waals surface area contributed by atoms with Gasteiger partial charge in [0.1, 0.15) is 36.9 Å². The van der Waals surface area contributed by atoms with Gasteiger partial charge in [0.25, 0.3) is 0 Å². The molecule has 0 bridgehead atoms. The molecule has 3 aromatic carbocycles. The molecule has 0 spiro atoms. The van der Waals surface area contributed by atoms with Crippen LogP contribution in [0, 0.1) is 5.92 Å². The molecular weight excluding hydrogens is 532 g/mol. The van der Waals surface area contributed by atoms with Gasteiger partial charge in [-0.15, -0.1) is 0 Å². The SMILES string of the molecule is CCCCc1cc(C2(c3ccc(OCC4CO4)c(CCCC)c3)c3ccccc3C3C=CC=CC32)ccc1OCC1CO1. The average molecular weight is 577 g/mol. The number of benzene rings is 3. The molecule has 224 valence electrons. The Bertz CT molecular complexity index is 1420. The van der Waals surface area contributed by atoms with Crippen LogP contribution < -0.4 is 9.47 Å². The summed E-state index contributed by atoms with van der Waals surface area (Å²) in [6.07, 6.45) is 16.4. The minimum Gasteiger partial charge on any atom is -0.491 e. The highest BCUT2D eigenvalue weighted by atomic mass is 16.6. The van der Waals surface area contributed by atoms with Crippen LogP contribution in [0.5, 0.6) is 11.5 Å². The van der Waals surface area contributed by atoms with E-state index < -0.39 is 0 Å². The highest BCUT2D eigenvalue weighted by Gasteiger charge is 2.53. The van der Waals surface area contributed by atoms with Crippen molar-refractivity contribution < 1.29 is 18.9 Å². The lowest BCUT2D eigenvalue weighted by molar-refractivity contribution is 0.260. The number of fused-ring (bicyclic) bond motifs is 3. The largest absolute Gasteiger partial charge is 0.491 e. The zero-order chi connectivity index (χ0) is 29.2. The van der Waals surface area contributed by atoms with Crippen molar-refractivity contribution in [3.8, 4) is 11.5 Å². The molecule has 3 aromatic rings. The summed E-state index contributed by atoms with van der Waals surface area (Å²) in [4.78, 5) is 0. The van der Waals surface area contributed by atoms with Gasteiger partial charge in [0, 0.05) is 11.8 Å². The maximum Gasteiger partial charge on any atom is 0.122 e. The number of aryl methyl sites for hydroxylation is 2. The first-order valence-corrected chi connectivity index (χ1v) is 16.4. The van der Waals surface area contributed by atoms with Crippen molar-refractivity contribution >= 4 is 0 Å². The smallest absolute Gasteiger partial charge is 0.122 e. The van der Waals surface area contributed by atoms with Gasteiger partial charge >= 0.3 is 0 Å². The molecule has 0 aromatic heterocycles. The van der Waals surface area contributed by atoms with Crippen molar-refractivity contribution in [3.05, 3.63) is 118 Å². The van der Waals surface area contributed by atoms with Gasteiger partial charge in [-0.2, -0.15) is 0 Å². The van der Waals surface area contributed by atoms with E-state index in [1.165, 1.54) is 33.4 Å². The van der Waals surface area contributed by atoms with E-state index >= 15 is 0 Å². The molecule has 4 heteroatoms. The van der Waals surface area contributed by atoms with E-state index in [2.05, 4.69) is 98.8 Å². The molecular formula is C39H44O4. The standard InChI is InChI=1S/C39H44O4/c1-3-5-11-27-21-29(17-19-37(27)42-25-31-23-40-31)39(35-15-9-7-13-33(35)34-14-8-10-16-36(34)39)30-18-20-38(43-26-32-24-41-32)28(22-30)12-6-4-2/h7-10,13-22,31-33,35H,3-6,11-12,23-26H2,1-2H3. The van der Waals surface area contributed by atoms with Gasteiger partial charge in [-0.25, -0.2) is 0 Å². The van der Waals surface area contributed by atoms with Gasteiger partial charge in [-0.3, -0.25) is 0 Å². The first-order chi connectivity index (χ1) is 21.2. The number of allylic oxidation sites excluding steroid dienone is 4. The average Bonchev–Trinajstić information content (AvgIpc) is 3.99. The zero-order valence-corrected chi connectivity index (χ0v) is 25.6. The molecule has 2 aliphatic carbocycles. The molecule has 4 aliphatic rings. The minimum absolute atomic E-state index is 0.237. The van der Waals surface area contributed by atoms with Gasteiger partial charge in [0.05, 0.1) is 18.6 Å². The molecule has 2 saturated heterocycles. The van der Waals surface area contributed by atoms with Crippen molar-refractivity contribution in [3.63, 3.8) is 0 Å². The van der Waals surface area contributed by atoms with E-state index in [1.807, 2.05) is 0 Å². The Morgan fingerprint density at radius 2 is 1.28 bits per heavy atom. The van der Waals surface area contributed by atoms with Gasteiger partial charge in [0.2, 0.25) is 0 Å². The van der Waals surface area contributed by atoms with Crippen molar-refractivity contribution in [1.29, 1.82) is 0 Å². The fraction of sp³-hybridized carbons (Fsp3) is 0.436. The lowest BCUT2D eigenvalue weighted by Crippen LogP contribution is -2.35. The topological polar surface area (TPSA) is 43.5 Å². The normalized spacial score (nSPS) is 26.2. The first kappa shape index (κ1) is 28.4. The molecule has 2 heterocycles. The molecule has 4 atom stereocenters. The Labute approximate surface area is 256 Å². The summed E-state index contributed by atoms with van der Waals surface area (Å²) in [6, 6.07) is 23.2. The summed E-state index contributed by atoms with van der Waals surface area (Å²) >= 11 is 0. The van der Waals surface area contributed by atoms with Crippen molar-refractivity contribution in [1.82, 2.24) is 0 Å². The van der Waals surface area contributed by atoms with Crippen LogP contribution in [0.25, 0.3) is 0 Å². The summed E-state index contributed by atoms with van der Waals surface area (Å²) < 4.78 is 23.6. The van der Waals surface area contributed by atoms with Crippen molar-refractivity contribution in [2.75, 3.05) is 26.4 Å². The number of unbranched alkanes of at least 4 members (excludes halogenated alkanes) is 2. The van der Waals surface area contributed by atoms with E-state index in [0.29, 0.717) is 19.1 Å². The molecule has 0 radical (unpaired) electrons. The second-order valence-corrected chi connectivity index (χ2v) is 12.6. The predicted octanol–water partition coefficient (Wildman–Crippen LogP) is 8.10. The van der Waals surface area contributed by atoms with Crippen LogP contribution in [0.3, 0.4) is 0 Å². The molecule has 2 fully saturated rings. The van der Waals surface area contributed by atoms with Gasteiger partial charge in [0.15, 0.2) is 0 Å². The van der Waals surface area contributed by atoms with Gasteiger partial charge in [-0.1, -0.05) is 99.5 Å². The summed E-state index contributed by atoms with van der Waals surface area (Å²) in [5.41, 5.74) is 7.78. The van der Waals surface area contributed by atoms with E-state index in [4.69, 9.17) is 18.9 Å². The molecule has 0 N–H and O–H groups in total. The third-order valence-electron chi connectivity index (χ3n) is 9.66. The number of hydrogen-bond acceptors (Lipinski definition) is 4. The van der Waals surface area contributed by atoms with E-state index in [9.17, 15) is 0 Å². The monoisotopic (exact) mass is 576 g/mol. The molecule has 0 saturated carbocycles. The molecule has 43 heavy (non-hydrogen) atoms. The van der Waals surface area contributed by atoms with Gasteiger partial charge < -0.3 is 18.9 Å². The second-order valence-electron chi connectivity index (χ2n) is 12.6. The summed E-state index contributed by atoms with van der Waals surface area (Å²) in [5, 5.41) is 0.